The van der Waals surface area contributed by atoms with Crippen molar-refractivity contribution in [2.45, 2.75) is 6.92 Å². The maximum atomic E-state index is 11.9. The lowest BCUT2D eigenvalue weighted by Gasteiger charge is -2.04. The van der Waals surface area contributed by atoms with Crippen LogP contribution in [0.1, 0.15) is 16.7 Å². The van der Waals surface area contributed by atoms with E-state index in [4.69, 9.17) is 4.74 Å². The molecule has 2 heterocycles. The second kappa shape index (κ2) is 5.53. The summed E-state index contributed by atoms with van der Waals surface area (Å²) in [6.07, 6.45) is 1.62. The molecule has 0 spiro atoms. The summed E-state index contributed by atoms with van der Waals surface area (Å²) in [6.45, 7) is 1.60. The summed E-state index contributed by atoms with van der Waals surface area (Å²) in [7, 11) is 0. The Morgan fingerprint density at radius 2 is 2.18 bits per heavy atom. The molecule has 6 nitrogen and oxygen atoms in total. The topological polar surface area (TPSA) is 81.8 Å². The fourth-order valence-corrected chi connectivity index (χ4v) is 2.71. The van der Waals surface area contributed by atoms with Gasteiger partial charge in [-0.2, -0.15) is 11.3 Å². The lowest BCUT2D eigenvalue weighted by atomic mass is 10.1. The van der Waals surface area contributed by atoms with E-state index in [9.17, 15) is 14.9 Å². The highest BCUT2D eigenvalue weighted by molar-refractivity contribution is 7.08. The Balaban J connectivity index is 2.02. The second-order valence-electron chi connectivity index (χ2n) is 4.60. The fraction of sp³-hybridized carbons (Fsp3) is 0.0667. The summed E-state index contributed by atoms with van der Waals surface area (Å²) in [4.78, 5) is 26.5. The molecule has 0 radical (unpaired) electrons. The molecule has 0 unspecified atom stereocenters. The van der Waals surface area contributed by atoms with Crippen LogP contribution in [0.2, 0.25) is 0 Å². The maximum Gasteiger partial charge on any atom is 0.363 e. The minimum Gasteiger partial charge on any atom is -0.402 e. The smallest absolute Gasteiger partial charge is 0.363 e. The van der Waals surface area contributed by atoms with E-state index in [1.807, 2.05) is 16.8 Å². The van der Waals surface area contributed by atoms with E-state index < -0.39 is 10.9 Å². The molecule has 1 aliphatic heterocycles. The van der Waals surface area contributed by atoms with E-state index in [0.29, 0.717) is 11.1 Å². The van der Waals surface area contributed by atoms with Crippen molar-refractivity contribution in [2.75, 3.05) is 0 Å². The zero-order valence-corrected chi connectivity index (χ0v) is 12.3. The Morgan fingerprint density at radius 3 is 2.86 bits per heavy atom. The largest absolute Gasteiger partial charge is 0.402 e. The third kappa shape index (κ3) is 2.53. The Bertz CT molecular complexity index is 822. The first kappa shape index (κ1) is 14.2. The van der Waals surface area contributed by atoms with Crippen LogP contribution in [0.25, 0.3) is 6.08 Å². The molecule has 3 rings (SSSR count). The van der Waals surface area contributed by atoms with E-state index in [1.54, 1.807) is 19.1 Å². The van der Waals surface area contributed by atoms with Gasteiger partial charge < -0.3 is 4.74 Å². The van der Waals surface area contributed by atoms with Crippen LogP contribution in [0.3, 0.4) is 0 Å². The number of esters is 1. The zero-order valence-electron chi connectivity index (χ0n) is 11.5. The number of benzene rings is 1. The molecule has 0 saturated heterocycles. The van der Waals surface area contributed by atoms with Crippen LogP contribution in [-0.2, 0) is 9.53 Å². The first-order valence-electron chi connectivity index (χ1n) is 6.35. The summed E-state index contributed by atoms with van der Waals surface area (Å²) >= 11 is 1.51. The Kier molecular flexibility index (Phi) is 3.56. The summed E-state index contributed by atoms with van der Waals surface area (Å²) in [5.74, 6) is -0.472. The molecular formula is C15H10N2O4S. The van der Waals surface area contributed by atoms with Crippen LogP contribution in [0.15, 0.2) is 45.7 Å². The number of ether oxygens (including phenoxy) is 1. The number of carbonyl (C=O) groups excluding carboxylic acids is 1. The van der Waals surface area contributed by atoms with Crippen LogP contribution in [0, 0.1) is 17.0 Å². The monoisotopic (exact) mass is 314 g/mol. The number of hydrogen-bond donors (Lipinski definition) is 0. The van der Waals surface area contributed by atoms with Crippen molar-refractivity contribution in [1.29, 1.82) is 0 Å². The number of nitro groups is 1. The number of carbonyl (C=O) groups is 1. The van der Waals surface area contributed by atoms with Crippen LogP contribution in [0.4, 0.5) is 5.69 Å². The minimum atomic E-state index is -0.563. The lowest BCUT2D eigenvalue weighted by Crippen LogP contribution is -2.08. The van der Waals surface area contributed by atoms with Crippen molar-refractivity contribution in [3.63, 3.8) is 0 Å². The summed E-state index contributed by atoms with van der Waals surface area (Å²) in [5.41, 5.74) is 1.86. The van der Waals surface area contributed by atoms with E-state index in [2.05, 4.69) is 4.99 Å². The molecule has 0 saturated carbocycles. The molecule has 22 heavy (non-hydrogen) atoms. The number of thiophene rings is 1. The van der Waals surface area contributed by atoms with Gasteiger partial charge in [0, 0.05) is 17.2 Å². The lowest BCUT2D eigenvalue weighted by molar-refractivity contribution is -0.385. The number of nitrogens with zero attached hydrogens (tertiary/aromatic N) is 2. The van der Waals surface area contributed by atoms with Crippen LogP contribution in [0.5, 0.6) is 0 Å². The summed E-state index contributed by atoms with van der Waals surface area (Å²) < 4.78 is 5.15. The normalized spacial score (nSPS) is 15.8. The number of aliphatic imine (C=N–C) groups is 1. The molecule has 0 N–H and O–H groups in total. The van der Waals surface area contributed by atoms with E-state index >= 15 is 0 Å². The van der Waals surface area contributed by atoms with Gasteiger partial charge in [0.1, 0.15) is 0 Å². The average Bonchev–Trinajstić information content (AvgIpc) is 3.10. The van der Waals surface area contributed by atoms with Crippen molar-refractivity contribution in [2.24, 2.45) is 4.99 Å². The molecule has 0 aliphatic carbocycles. The molecule has 0 amide bonds. The van der Waals surface area contributed by atoms with Crippen molar-refractivity contribution in [3.8, 4) is 0 Å². The van der Waals surface area contributed by atoms with Crippen LogP contribution >= 0.6 is 11.3 Å². The SMILES string of the molecule is Cc1c(C2=N/C(=C\c3ccsc3)C(=O)O2)cccc1[N+](=O)[O-]. The van der Waals surface area contributed by atoms with Gasteiger partial charge in [0.25, 0.3) is 5.69 Å². The second-order valence-corrected chi connectivity index (χ2v) is 5.38. The van der Waals surface area contributed by atoms with Gasteiger partial charge >= 0.3 is 5.97 Å². The van der Waals surface area contributed by atoms with Gasteiger partial charge in [-0.05, 0) is 41.5 Å². The summed E-state index contributed by atoms with van der Waals surface area (Å²) in [5, 5.41) is 14.7. The van der Waals surface area contributed by atoms with Gasteiger partial charge in [0.05, 0.1) is 4.92 Å². The van der Waals surface area contributed by atoms with Crippen LogP contribution in [-0.4, -0.2) is 16.8 Å². The first-order valence-corrected chi connectivity index (χ1v) is 7.29. The van der Waals surface area contributed by atoms with Crippen molar-refractivity contribution in [1.82, 2.24) is 0 Å². The van der Waals surface area contributed by atoms with Gasteiger partial charge in [-0.3, -0.25) is 10.1 Å². The van der Waals surface area contributed by atoms with Gasteiger partial charge in [0.2, 0.25) is 5.90 Å². The average molecular weight is 314 g/mol. The molecule has 1 aromatic heterocycles. The number of rotatable bonds is 3. The molecule has 110 valence electrons. The molecular weight excluding hydrogens is 304 g/mol. The first-order chi connectivity index (χ1) is 10.6. The third-order valence-electron chi connectivity index (χ3n) is 3.20. The zero-order chi connectivity index (χ0) is 15.7. The van der Waals surface area contributed by atoms with Crippen molar-refractivity contribution < 1.29 is 14.5 Å². The summed E-state index contributed by atoms with van der Waals surface area (Å²) in [6, 6.07) is 6.44. The third-order valence-corrected chi connectivity index (χ3v) is 3.90. The number of hydrogen-bond acceptors (Lipinski definition) is 6. The van der Waals surface area contributed by atoms with E-state index in [1.165, 1.54) is 23.5 Å². The molecule has 1 aliphatic rings. The van der Waals surface area contributed by atoms with Gasteiger partial charge in [0.15, 0.2) is 5.70 Å². The number of nitro benzene ring substituents is 1. The minimum absolute atomic E-state index is 0.0356. The highest BCUT2D eigenvalue weighted by Crippen LogP contribution is 2.26. The Labute approximate surface area is 129 Å². The predicted octanol–water partition coefficient (Wildman–Crippen LogP) is 3.31. The molecule has 0 atom stereocenters. The highest BCUT2D eigenvalue weighted by Gasteiger charge is 2.27. The molecule has 0 bridgehead atoms. The standard InChI is InChI=1S/C15H10N2O4S/c1-9-11(3-2-4-13(9)17(19)20)14-16-12(15(18)21-14)7-10-5-6-22-8-10/h2-8H,1H3/b12-7-. The van der Waals surface area contributed by atoms with Crippen LogP contribution < -0.4 is 0 Å². The van der Waals surface area contributed by atoms with E-state index in [-0.39, 0.29) is 17.3 Å². The van der Waals surface area contributed by atoms with Gasteiger partial charge in [-0.25, -0.2) is 9.79 Å². The van der Waals surface area contributed by atoms with Gasteiger partial charge in [-0.1, -0.05) is 6.07 Å². The fourth-order valence-electron chi connectivity index (χ4n) is 2.09. The molecule has 2 aromatic rings. The van der Waals surface area contributed by atoms with E-state index in [0.717, 1.165) is 5.56 Å². The predicted molar refractivity (Wildman–Crippen MR) is 82.8 cm³/mol. The van der Waals surface area contributed by atoms with Crippen molar-refractivity contribution in [3.05, 3.63) is 67.5 Å². The number of cyclic esters (lactones) is 1. The quantitative estimate of drug-likeness (QED) is 0.377. The Morgan fingerprint density at radius 1 is 1.36 bits per heavy atom. The van der Waals surface area contributed by atoms with Crippen molar-refractivity contribution >= 4 is 35.0 Å². The molecule has 1 aromatic carbocycles. The van der Waals surface area contributed by atoms with Gasteiger partial charge in [-0.15, -0.1) is 0 Å². The highest BCUT2D eigenvalue weighted by atomic mass is 32.1. The molecule has 0 fully saturated rings. The maximum absolute atomic E-state index is 11.9. The molecule has 7 heteroatoms. The Hall–Kier alpha value is -2.80.